The second kappa shape index (κ2) is 7.48. The van der Waals surface area contributed by atoms with Gasteiger partial charge >= 0.3 is 0 Å². The summed E-state index contributed by atoms with van der Waals surface area (Å²) >= 11 is 0. The predicted molar refractivity (Wildman–Crippen MR) is 106 cm³/mol. The lowest BCUT2D eigenvalue weighted by Gasteiger charge is -2.34. The largest absolute Gasteiger partial charge is 0.384 e. The molecule has 6 heteroatoms. The van der Waals surface area contributed by atoms with E-state index in [0.717, 1.165) is 23.4 Å². The van der Waals surface area contributed by atoms with Crippen LogP contribution >= 0.6 is 0 Å². The van der Waals surface area contributed by atoms with Crippen LogP contribution in [0, 0.1) is 11.3 Å². The number of benzene rings is 1. The van der Waals surface area contributed by atoms with Crippen molar-refractivity contribution in [2.45, 2.75) is 51.0 Å². The van der Waals surface area contributed by atoms with E-state index in [1.165, 1.54) is 43.2 Å². The summed E-state index contributed by atoms with van der Waals surface area (Å²) in [5.74, 6) is 0.907. The number of nitrogens with one attached hydrogen (secondary N) is 2. The smallest absolute Gasteiger partial charge is 0.231 e. The zero-order chi connectivity index (χ0) is 18.7. The lowest BCUT2D eigenvalue weighted by Crippen LogP contribution is -2.47. The minimum atomic E-state index is -0.671. The maximum Gasteiger partial charge on any atom is 0.231 e. The summed E-state index contributed by atoms with van der Waals surface area (Å²) in [7, 11) is 1.65. The van der Waals surface area contributed by atoms with Crippen molar-refractivity contribution in [1.82, 2.24) is 4.90 Å². The third-order valence-electron chi connectivity index (χ3n) is 5.71. The summed E-state index contributed by atoms with van der Waals surface area (Å²) in [6.45, 7) is 2.86. The van der Waals surface area contributed by atoms with Crippen molar-refractivity contribution in [2.75, 3.05) is 18.9 Å². The SMILES string of the molecule is CN1C(=O)C[C@@](C)(c2ccc(C=N)c(NCC3CCCCC3)c2)N=C1N. The van der Waals surface area contributed by atoms with Crippen LogP contribution in [0.2, 0.25) is 0 Å². The van der Waals surface area contributed by atoms with Crippen LogP contribution in [0.25, 0.3) is 0 Å². The molecule has 0 radical (unpaired) electrons. The van der Waals surface area contributed by atoms with E-state index in [0.29, 0.717) is 5.92 Å². The van der Waals surface area contributed by atoms with Crippen molar-refractivity contribution < 1.29 is 4.79 Å². The average Bonchev–Trinajstić information content (AvgIpc) is 2.65. The van der Waals surface area contributed by atoms with Crippen LogP contribution in [-0.4, -0.2) is 36.6 Å². The van der Waals surface area contributed by atoms with Crippen molar-refractivity contribution in [2.24, 2.45) is 16.6 Å². The Balaban J connectivity index is 1.84. The van der Waals surface area contributed by atoms with Crippen molar-refractivity contribution in [3.63, 3.8) is 0 Å². The van der Waals surface area contributed by atoms with Gasteiger partial charge in [-0.25, -0.2) is 4.99 Å². The molecule has 1 amide bonds. The van der Waals surface area contributed by atoms with E-state index in [1.54, 1.807) is 7.05 Å². The van der Waals surface area contributed by atoms with Gasteiger partial charge in [-0.1, -0.05) is 31.4 Å². The highest BCUT2D eigenvalue weighted by Crippen LogP contribution is 2.35. The third-order valence-corrected chi connectivity index (χ3v) is 5.71. The van der Waals surface area contributed by atoms with Gasteiger partial charge in [0, 0.05) is 31.1 Å². The Bertz CT molecular complexity index is 723. The molecule has 1 atom stereocenters. The second-order valence-corrected chi connectivity index (χ2v) is 7.70. The van der Waals surface area contributed by atoms with Gasteiger partial charge in [-0.3, -0.25) is 9.69 Å². The Morgan fingerprint density at radius 1 is 1.38 bits per heavy atom. The third kappa shape index (κ3) is 3.74. The van der Waals surface area contributed by atoms with Gasteiger partial charge in [-0.2, -0.15) is 0 Å². The first-order chi connectivity index (χ1) is 12.4. The minimum Gasteiger partial charge on any atom is -0.384 e. The van der Waals surface area contributed by atoms with Crippen LogP contribution in [0.3, 0.4) is 0 Å². The van der Waals surface area contributed by atoms with E-state index in [4.69, 9.17) is 11.1 Å². The van der Waals surface area contributed by atoms with E-state index in [9.17, 15) is 4.79 Å². The van der Waals surface area contributed by atoms with Gasteiger partial charge in [0.15, 0.2) is 5.96 Å². The molecule has 6 nitrogen and oxygen atoms in total. The molecular formula is C20H29N5O. The van der Waals surface area contributed by atoms with E-state index in [1.807, 2.05) is 25.1 Å². The van der Waals surface area contributed by atoms with Crippen LogP contribution in [-0.2, 0) is 10.3 Å². The Kier molecular flexibility index (Phi) is 5.30. The van der Waals surface area contributed by atoms with Gasteiger partial charge in [0.1, 0.15) is 0 Å². The molecule has 2 aliphatic rings. The zero-order valence-corrected chi connectivity index (χ0v) is 15.7. The molecule has 1 aromatic rings. The van der Waals surface area contributed by atoms with Gasteiger partial charge in [-0.05, 0) is 37.3 Å². The normalized spacial score (nSPS) is 24.3. The molecule has 1 aliphatic carbocycles. The Morgan fingerprint density at radius 2 is 2.12 bits per heavy atom. The molecule has 0 bridgehead atoms. The number of rotatable bonds is 5. The predicted octanol–water partition coefficient (Wildman–Crippen LogP) is 3.07. The van der Waals surface area contributed by atoms with Crippen molar-refractivity contribution >= 4 is 23.8 Å². The fourth-order valence-corrected chi connectivity index (χ4v) is 3.89. The second-order valence-electron chi connectivity index (χ2n) is 7.70. The van der Waals surface area contributed by atoms with Crippen LogP contribution in [0.4, 0.5) is 5.69 Å². The molecule has 0 aromatic heterocycles. The topological polar surface area (TPSA) is 94.6 Å². The molecule has 140 valence electrons. The molecule has 1 aliphatic heterocycles. The first-order valence-electron chi connectivity index (χ1n) is 9.44. The summed E-state index contributed by atoms with van der Waals surface area (Å²) < 4.78 is 0. The lowest BCUT2D eigenvalue weighted by molar-refractivity contribution is -0.128. The number of carbonyl (C=O) groups excluding carboxylic acids is 1. The fourth-order valence-electron chi connectivity index (χ4n) is 3.89. The van der Waals surface area contributed by atoms with Crippen LogP contribution < -0.4 is 11.1 Å². The summed E-state index contributed by atoms with van der Waals surface area (Å²) in [4.78, 5) is 18.2. The van der Waals surface area contributed by atoms with Gasteiger partial charge in [0.25, 0.3) is 0 Å². The summed E-state index contributed by atoms with van der Waals surface area (Å²) in [6, 6.07) is 5.89. The van der Waals surface area contributed by atoms with Gasteiger partial charge in [0.05, 0.1) is 12.0 Å². The number of carbonyl (C=O) groups is 1. The number of guanidine groups is 1. The van der Waals surface area contributed by atoms with Crippen molar-refractivity contribution in [3.05, 3.63) is 29.3 Å². The highest BCUT2D eigenvalue weighted by molar-refractivity contribution is 5.99. The standard InChI is InChI=1S/C20H29N5O/c1-20(11-18(26)25(2)19(22)24-20)16-9-8-15(12-21)17(10-16)23-13-14-6-4-3-5-7-14/h8-10,12,14,21,23H,3-7,11,13H2,1-2H3,(H2,22,24)/t20-/m0/s1. The van der Waals surface area contributed by atoms with Crippen LogP contribution in [0.1, 0.15) is 56.6 Å². The number of hydrogen-bond donors (Lipinski definition) is 3. The molecule has 4 N–H and O–H groups in total. The molecule has 1 fully saturated rings. The van der Waals surface area contributed by atoms with E-state index >= 15 is 0 Å². The first kappa shape index (κ1) is 18.4. The highest BCUT2D eigenvalue weighted by atomic mass is 16.2. The van der Waals surface area contributed by atoms with Gasteiger partial charge in [0.2, 0.25) is 5.91 Å². The maximum absolute atomic E-state index is 12.2. The number of anilines is 1. The number of nitrogens with two attached hydrogens (primary N) is 1. The summed E-state index contributed by atoms with van der Waals surface area (Å²) in [5.41, 5.74) is 7.99. The van der Waals surface area contributed by atoms with Gasteiger partial charge in [-0.15, -0.1) is 0 Å². The number of nitrogens with zero attached hydrogens (tertiary/aromatic N) is 2. The average molecular weight is 355 g/mol. The first-order valence-corrected chi connectivity index (χ1v) is 9.44. The maximum atomic E-state index is 12.2. The highest BCUT2D eigenvalue weighted by Gasteiger charge is 2.36. The Hall–Kier alpha value is -2.37. The molecule has 26 heavy (non-hydrogen) atoms. The molecule has 1 saturated carbocycles. The Morgan fingerprint density at radius 3 is 2.77 bits per heavy atom. The quantitative estimate of drug-likeness (QED) is 0.708. The monoisotopic (exact) mass is 355 g/mol. The van der Waals surface area contributed by atoms with Crippen molar-refractivity contribution in [1.29, 1.82) is 5.41 Å². The van der Waals surface area contributed by atoms with Crippen molar-refractivity contribution in [3.8, 4) is 0 Å². The zero-order valence-electron chi connectivity index (χ0n) is 15.7. The van der Waals surface area contributed by atoms with Crippen LogP contribution in [0.15, 0.2) is 23.2 Å². The lowest BCUT2D eigenvalue weighted by atomic mass is 9.86. The number of amides is 1. The molecular weight excluding hydrogens is 326 g/mol. The minimum absolute atomic E-state index is 0.0344. The Labute approximate surface area is 155 Å². The summed E-state index contributed by atoms with van der Waals surface area (Å²) in [6.07, 6.45) is 8.16. The number of aliphatic imine (C=N–C) groups is 1. The molecule has 0 unspecified atom stereocenters. The molecule has 1 heterocycles. The van der Waals surface area contributed by atoms with E-state index in [2.05, 4.69) is 10.3 Å². The van der Waals surface area contributed by atoms with E-state index < -0.39 is 5.54 Å². The van der Waals surface area contributed by atoms with Gasteiger partial charge < -0.3 is 16.5 Å². The fraction of sp³-hybridized carbons (Fsp3) is 0.550. The van der Waals surface area contributed by atoms with Crippen LogP contribution in [0.5, 0.6) is 0 Å². The molecule has 0 saturated heterocycles. The molecule has 0 spiro atoms. The summed E-state index contributed by atoms with van der Waals surface area (Å²) in [5, 5.41) is 11.2. The van der Waals surface area contributed by atoms with E-state index in [-0.39, 0.29) is 18.3 Å². The molecule has 3 rings (SSSR count). The molecule has 1 aromatic carbocycles. The number of hydrogen-bond acceptors (Lipinski definition) is 5.